The number of piperidine rings is 1. The summed E-state index contributed by atoms with van der Waals surface area (Å²) in [7, 11) is 2.15. The lowest BCUT2D eigenvalue weighted by molar-refractivity contribution is 0.0586. The Kier molecular flexibility index (Phi) is 5.14. The van der Waals surface area contributed by atoms with Gasteiger partial charge in [0.25, 0.3) is 5.91 Å². The first kappa shape index (κ1) is 18.4. The second kappa shape index (κ2) is 7.56. The van der Waals surface area contributed by atoms with Crippen molar-refractivity contribution >= 4 is 11.6 Å². The first-order chi connectivity index (χ1) is 13.0. The van der Waals surface area contributed by atoms with E-state index in [1.165, 1.54) is 6.42 Å². The van der Waals surface area contributed by atoms with Gasteiger partial charge in [-0.05, 0) is 52.3 Å². The van der Waals surface area contributed by atoms with Crippen LogP contribution in [0.5, 0.6) is 0 Å². The Morgan fingerprint density at radius 1 is 1.07 bits per heavy atom. The van der Waals surface area contributed by atoms with Crippen LogP contribution in [0.4, 0.5) is 0 Å². The van der Waals surface area contributed by atoms with Gasteiger partial charge in [-0.1, -0.05) is 0 Å². The second-order valence-electron chi connectivity index (χ2n) is 8.17. The number of nitrogens with zero attached hydrogens (tertiary/aromatic N) is 6. The molecule has 0 bridgehead atoms. The number of rotatable bonds is 3. The van der Waals surface area contributed by atoms with E-state index in [9.17, 15) is 4.79 Å². The molecule has 0 saturated carbocycles. The largest absolute Gasteiger partial charge is 0.339 e. The van der Waals surface area contributed by atoms with Crippen molar-refractivity contribution in [2.45, 2.75) is 45.2 Å². The van der Waals surface area contributed by atoms with Crippen LogP contribution in [0.25, 0.3) is 5.65 Å². The molecule has 4 heterocycles. The van der Waals surface area contributed by atoms with Crippen molar-refractivity contribution in [2.24, 2.45) is 0 Å². The fourth-order valence-electron chi connectivity index (χ4n) is 4.32. The maximum Gasteiger partial charge on any atom is 0.255 e. The van der Waals surface area contributed by atoms with Crippen LogP contribution >= 0.6 is 0 Å². The van der Waals surface area contributed by atoms with Crippen LogP contribution in [-0.2, 0) is 0 Å². The minimum absolute atomic E-state index is 0.123. The Bertz CT molecular complexity index is 810. The highest BCUT2D eigenvalue weighted by atomic mass is 16.2. The van der Waals surface area contributed by atoms with Gasteiger partial charge in [0.1, 0.15) is 0 Å². The van der Waals surface area contributed by atoms with E-state index in [2.05, 4.69) is 40.9 Å². The molecule has 27 heavy (non-hydrogen) atoms. The maximum absolute atomic E-state index is 12.9. The number of hydrogen-bond acceptors (Lipinski definition) is 5. The topological polar surface area (TPSA) is 57.0 Å². The van der Waals surface area contributed by atoms with Gasteiger partial charge in [-0.25, -0.2) is 0 Å². The predicted molar refractivity (Wildman–Crippen MR) is 105 cm³/mol. The molecule has 2 aliphatic heterocycles. The van der Waals surface area contributed by atoms with Gasteiger partial charge in [0.05, 0.1) is 11.6 Å². The van der Waals surface area contributed by atoms with Crippen molar-refractivity contribution in [3.63, 3.8) is 0 Å². The summed E-state index contributed by atoms with van der Waals surface area (Å²) in [6.45, 7) is 9.17. The normalized spacial score (nSPS) is 22.7. The van der Waals surface area contributed by atoms with Gasteiger partial charge < -0.3 is 9.80 Å². The molecule has 0 radical (unpaired) electrons. The predicted octanol–water partition coefficient (Wildman–Crippen LogP) is 2.05. The lowest BCUT2D eigenvalue weighted by atomic mass is 10.1. The van der Waals surface area contributed by atoms with Gasteiger partial charge >= 0.3 is 0 Å². The van der Waals surface area contributed by atoms with E-state index in [1.807, 2.05) is 27.6 Å². The molecule has 146 valence electrons. The van der Waals surface area contributed by atoms with Crippen molar-refractivity contribution in [3.8, 4) is 0 Å². The summed E-state index contributed by atoms with van der Waals surface area (Å²) in [6, 6.07) is 4.42. The molecule has 0 aliphatic carbocycles. The fourth-order valence-corrected chi connectivity index (χ4v) is 4.32. The van der Waals surface area contributed by atoms with Gasteiger partial charge in [-0.3, -0.25) is 14.1 Å². The van der Waals surface area contributed by atoms with Gasteiger partial charge in [0.2, 0.25) is 0 Å². The van der Waals surface area contributed by atoms with E-state index in [1.54, 1.807) is 0 Å². The van der Waals surface area contributed by atoms with Crippen LogP contribution in [-0.4, -0.2) is 81.0 Å². The molecule has 7 heteroatoms. The van der Waals surface area contributed by atoms with Gasteiger partial charge in [0, 0.05) is 45.0 Å². The summed E-state index contributed by atoms with van der Waals surface area (Å²) in [5, 5.41) is 8.89. The molecule has 0 aromatic carbocycles. The standard InChI is InChI=1S/C20H30N6O/c1-15(2)25-12-11-23(3)14-17(25)19-22-21-18-8-7-16(13-26(18)19)20(27)24-9-5-4-6-10-24/h7-8,13,15,17H,4-6,9-12,14H2,1-3H3. The van der Waals surface area contributed by atoms with E-state index in [4.69, 9.17) is 0 Å². The number of likely N-dealkylation sites (N-methyl/N-ethyl adjacent to an activating group) is 1. The SMILES string of the molecule is CC(C)N1CCN(C)CC1c1nnc2ccc(C(=O)N3CCCCC3)cn12. The van der Waals surface area contributed by atoms with Gasteiger partial charge in [-0.15, -0.1) is 10.2 Å². The third-order valence-electron chi connectivity index (χ3n) is 5.91. The number of amides is 1. The third-order valence-corrected chi connectivity index (χ3v) is 5.91. The van der Waals surface area contributed by atoms with E-state index in [0.29, 0.717) is 6.04 Å². The molecule has 2 aromatic rings. The Hall–Kier alpha value is -1.99. The van der Waals surface area contributed by atoms with Crippen molar-refractivity contribution in [1.82, 2.24) is 29.3 Å². The maximum atomic E-state index is 12.9. The number of likely N-dealkylation sites (tertiary alicyclic amines) is 1. The van der Waals surface area contributed by atoms with Crippen molar-refractivity contribution in [1.29, 1.82) is 0 Å². The molecule has 2 aromatic heterocycles. The van der Waals surface area contributed by atoms with E-state index in [0.717, 1.165) is 62.6 Å². The highest BCUT2D eigenvalue weighted by molar-refractivity contribution is 5.94. The molecule has 2 aliphatic rings. The van der Waals surface area contributed by atoms with Crippen LogP contribution in [0.2, 0.25) is 0 Å². The van der Waals surface area contributed by atoms with Crippen molar-refractivity contribution in [2.75, 3.05) is 39.8 Å². The quantitative estimate of drug-likeness (QED) is 0.828. The number of carbonyl (C=O) groups is 1. The lowest BCUT2D eigenvalue weighted by Gasteiger charge is -2.41. The van der Waals surface area contributed by atoms with E-state index < -0.39 is 0 Å². The minimum Gasteiger partial charge on any atom is -0.339 e. The Labute approximate surface area is 160 Å². The Morgan fingerprint density at radius 2 is 1.85 bits per heavy atom. The highest BCUT2D eigenvalue weighted by Crippen LogP contribution is 2.26. The van der Waals surface area contributed by atoms with Gasteiger partial charge in [0.15, 0.2) is 11.5 Å². The molecule has 4 rings (SSSR count). The molecule has 1 atom stereocenters. The number of hydrogen-bond donors (Lipinski definition) is 0. The average Bonchev–Trinajstić information content (AvgIpc) is 3.10. The zero-order valence-electron chi connectivity index (χ0n) is 16.6. The number of piperazine rings is 1. The van der Waals surface area contributed by atoms with Crippen molar-refractivity contribution < 1.29 is 4.79 Å². The van der Waals surface area contributed by atoms with Crippen LogP contribution in [0.3, 0.4) is 0 Å². The first-order valence-corrected chi connectivity index (χ1v) is 10.1. The zero-order chi connectivity index (χ0) is 19.0. The number of carbonyl (C=O) groups excluding carboxylic acids is 1. The average molecular weight is 371 g/mol. The molecule has 1 unspecified atom stereocenters. The summed E-state index contributed by atoms with van der Waals surface area (Å²) >= 11 is 0. The smallest absolute Gasteiger partial charge is 0.255 e. The summed E-state index contributed by atoms with van der Waals surface area (Å²) in [6.07, 6.45) is 5.36. The molecule has 0 N–H and O–H groups in total. The molecule has 0 spiro atoms. The molecule has 1 amide bonds. The zero-order valence-corrected chi connectivity index (χ0v) is 16.6. The van der Waals surface area contributed by atoms with Gasteiger partial charge in [-0.2, -0.15) is 0 Å². The summed E-state index contributed by atoms with van der Waals surface area (Å²) in [4.78, 5) is 19.7. The monoisotopic (exact) mass is 370 g/mol. The minimum atomic E-state index is 0.123. The van der Waals surface area contributed by atoms with Crippen LogP contribution in [0.15, 0.2) is 18.3 Å². The third kappa shape index (κ3) is 3.58. The van der Waals surface area contributed by atoms with Crippen LogP contribution < -0.4 is 0 Å². The summed E-state index contributed by atoms with van der Waals surface area (Å²) < 4.78 is 2.02. The molecule has 7 nitrogen and oxygen atoms in total. The number of fused-ring (bicyclic) bond motifs is 1. The number of pyridine rings is 1. The van der Waals surface area contributed by atoms with E-state index in [-0.39, 0.29) is 11.9 Å². The summed E-state index contributed by atoms with van der Waals surface area (Å²) in [5.74, 6) is 1.05. The number of aromatic nitrogens is 3. The second-order valence-corrected chi connectivity index (χ2v) is 8.17. The van der Waals surface area contributed by atoms with Crippen LogP contribution in [0.1, 0.15) is 55.3 Å². The molecular formula is C20H30N6O. The Morgan fingerprint density at radius 3 is 2.59 bits per heavy atom. The lowest BCUT2D eigenvalue weighted by Crippen LogP contribution is -2.50. The Balaban J connectivity index is 1.68. The van der Waals surface area contributed by atoms with Crippen molar-refractivity contribution in [3.05, 3.63) is 29.7 Å². The highest BCUT2D eigenvalue weighted by Gasteiger charge is 2.32. The molecular weight excluding hydrogens is 340 g/mol. The molecule has 2 fully saturated rings. The first-order valence-electron chi connectivity index (χ1n) is 10.1. The molecule has 2 saturated heterocycles. The van der Waals surface area contributed by atoms with Crippen LogP contribution in [0, 0.1) is 0 Å². The summed E-state index contributed by atoms with van der Waals surface area (Å²) in [5.41, 5.74) is 1.53. The fraction of sp³-hybridized carbons (Fsp3) is 0.650. The van der Waals surface area contributed by atoms with E-state index >= 15 is 0 Å².